The summed E-state index contributed by atoms with van der Waals surface area (Å²) in [5.74, 6) is 0.546. The van der Waals surface area contributed by atoms with Gasteiger partial charge in [0.1, 0.15) is 0 Å². The third kappa shape index (κ3) is 10.9. The number of hydrogen-bond donors (Lipinski definition) is 2. The van der Waals surface area contributed by atoms with E-state index in [0.29, 0.717) is 70.0 Å². The summed E-state index contributed by atoms with van der Waals surface area (Å²) in [5.41, 5.74) is 1.24. The van der Waals surface area contributed by atoms with Crippen molar-refractivity contribution in [1.29, 1.82) is 0 Å². The molecule has 8 nitrogen and oxygen atoms in total. The highest BCUT2D eigenvalue weighted by molar-refractivity contribution is 7.89. The van der Waals surface area contributed by atoms with Crippen LogP contribution in [0.2, 0.25) is 0 Å². The van der Waals surface area contributed by atoms with Gasteiger partial charge in [-0.3, -0.25) is 4.79 Å². The summed E-state index contributed by atoms with van der Waals surface area (Å²) >= 11 is 0. The third-order valence-electron chi connectivity index (χ3n) is 5.36. The molecule has 1 fully saturated rings. The van der Waals surface area contributed by atoms with Gasteiger partial charge in [0.15, 0.2) is 0 Å². The van der Waals surface area contributed by atoms with E-state index in [4.69, 9.17) is 14.2 Å². The number of carbonyl (C=O) groups excluding carboxylic acids is 1. The Bertz CT molecular complexity index is 748. The molecular formula is C23H38N2O6S. The number of benzene rings is 1. The lowest BCUT2D eigenvalue weighted by Gasteiger charge is -2.11. The van der Waals surface area contributed by atoms with Gasteiger partial charge in [-0.25, -0.2) is 13.1 Å². The zero-order chi connectivity index (χ0) is 23.1. The zero-order valence-electron chi connectivity index (χ0n) is 19.1. The van der Waals surface area contributed by atoms with Crippen molar-refractivity contribution < 1.29 is 27.4 Å². The molecule has 0 aliphatic heterocycles. The molecule has 32 heavy (non-hydrogen) atoms. The summed E-state index contributed by atoms with van der Waals surface area (Å²) in [5, 5.41) is 2.71. The minimum absolute atomic E-state index is 0.0326. The molecule has 0 atom stereocenters. The van der Waals surface area contributed by atoms with Gasteiger partial charge in [-0.15, -0.1) is 0 Å². The molecule has 1 amide bonds. The Hall–Kier alpha value is -1.52. The van der Waals surface area contributed by atoms with Crippen molar-refractivity contribution in [3.05, 3.63) is 29.8 Å². The number of hydrogen-bond acceptors (Lipinski definition) is 6. The van der Waals surface area contributed by atoms with E-state index in [1.54, 1.807) is 12.1 Å². The van der Waals surface area contributed by atoms with Gasteiger partial charge in [0, 0.05) is 33.2 Å². The van der Waals surface area contributed by atoms with Crippen LogP contribution in [0.4, 0.5) is 0 Å². The highest BCUT2D eigenvalue weighted by Crippen LogP contribution is 2.34. The normalized spacial score (nSPS) is 14.7. The Morgan fingerprint density at radius 1 is 0.875 bits per heavy atom. The maximum atomic E-state index is 12.4. The fraction of sp³-hybridized carbons (Fsp3) is 0.696. The number of carbonyl (C=O) groups is 1. The molecule has 0 radical (unpaired) electrons. The molecule has 0 aromatic heterocycles. The average Bonchev–Trinajstić information content (AvgIpc) is 3.31. The fourth-order valence-electron chi connectivity index (χ4n) is 3.62. The predicted molar refractivity (Wildman–Crippen MR) is 123 cm³/mol. The summed E-state index contributed by atoms with van der Waals surface area (Å²) < 4.78 is 43.7. The zero-order valence-corrected chi connectivity index (χ0v) is 20.0. The first-order chi connectivity index (χ1) is 15.5. The largest absolute Gasteiger partial charge is 0.379 e. The van der Waals surface area contributed by atoms with Crippen LogP contribution in [0.1, 0.15) is 56.9 Å². The van der Waals surface area contributed by atoms with Gasteiger partial charge >= 0.3 is 0 Å². The second kappa shape index (κ2) is 15.3. The molecule has 1 aromatic rings. The van der Waals surface area contributed by atoms with Crippen LogP contribution in [0.15, 0.2) is 29.2 Å². The predicted octanol–water partition coefficient (Wildman–Crippen LogP) is 2.59. The summed E-state index contributed by atoms with van der Waals surface area (Å²) in [7, 11) is -3.49. The fourth-order valence-corrected chi connectivity index (χ4v) is 4.70. The molecule has 2 N–H and O–H groups in total. The molecule has 0 bridgehead atoms. The molecule has 1 aliphatic carbocycles. The highest BCUT2D eigenvalue weighted by atomic mass is 32.2. The molecule has 0 unspecified atom stereocenters. The van der Waals surface area contributed by atoms with Crippen LogP contribution in [-0.4, -0.2) is 67.1 Å². The van der Waals surface area contributed by atoms with Crippen molar-refractivity contribution in [3.63, 3.8) is 0 Å². The van der Waals surface area contributed by atoms with Crippen molar-refractivity contribution in [2.24, 2.45) is 0 Å². The second-order valence-corrected chi connectivity index (χ2v) is 9.74. The summed E-state index contributed by atoms with van der Waals surface area (Å²) in [4.78, 5) is 11.0. The lowest BCUT2D eigenvalue weighted by Crippen LogP contribution is -2.25. The van der Waals surface area contributed by atoms with Crippen LogP contribution < -0.4 is 10.0 Å². The Kier molecular flexibility index (Phi) is 12.8. The van der Waals surface area contributed by atoms with Gasteiger partial charge in [-0.05, 0) is 49.3 Å². The molecule has 1 aliphatic rings. The van der Waals surface area contributed by atoms with Gasteiger partial charge in [0.2, 0.25) is 15.9 Å². The SMILES string of the molecule is CC(=O)NCCCOCCOCCOCCCNS(=O)(=O)c1ccc(C2CCCC2)cc1. The van der Waals surface area contributed by atoms with Gasteiger partial charge < -0.3 is 19.5 Å². The quantitative estimate of drug-likeness (QED) is 0.339. The molecule has 0 saturated heterocycles. The minimum atomic E-state index is -3.49. The van der Waals surface area contributed by atoms with Crippen LogP contribution in [0.25, 0.3) is 0 Å². The van der Waals surface area contributed by atoms with Crippen LogP contribution >= 0.6 is 0 Å². The van der Waals surface area contributed by atoms with Gasteiger partial charge in [0.25, 0.3) is 0 Å². The summed E-state index contributed by atoms with van der Waals surface area (Å²) in [6.45, 7) is 5.41. The summed E-state index contributed by atoms with van der Waals surface area (Å²) in [6, 6.07) is 7.31. The van der Waals surface area contributed by atoms with E-state index >= 15 is 0 Å². The number of rotatable bonds is 17. The van der Waals surface area contributed by atoms with Gasteiger partial charge in [-0.2, -0.15) is 0 Å². The molecule has 182 valence electrons. The van der Waals surface area contributed by atoms with E-state index in [2.05, 4.69) is 10.0 Å². The molecule has 1 saturated carbocycles. The standard InChI is InChI=1S/C23H38N2O6S/c1-20(26)24-12-4-14-29-16-18-31-19-17-30-15-5-13-25-32(27,28)23-10-8-22(9-11-23)21-6-2-3-7-21/h8-11,21,25H,2-7,12-19H2,1H3,(H,24,26). The smallest absolute Gasteiger partial charge is 0.240 e. The molecule has 1 aromatic carbocycles. The lowest BCUT2D eigenvalue weighted by molar-refractivity contribution is -0.119. The minimum Gasteiger partial charge on any atom is -0.379 e. The Balaban J connectivity index is 1.44. The number of ether oxygens (including phenoxy) is 3. The third-order valence-corrected chi connectivity index (χ3v) is 6.83. The lowest BCUT2D eigenvalue weighted by atomic mass is 9.98. The van der Waals surface area contributed by atoms with Crippen molar-refractivity contribution in [3.8, 4) is 0 Å². The number of nitrogens with one attached hydrogen (secondary N) is 2. The van der Waals surface area contributed by atoms with Gasteiger partial charge in [0.05, 0.1) is 31.3 Å². The van der Waals surface area contributed by atoms with Crippen molar-refractivity contribution in [2.75, 3.05) is 52.7 Å². The van der Waals surface area contributed by atoms with Crippen LogP contribution in [0, 0.1) is 0 Å². The monoisotopic (exact) mass is 470 g/mol. The van der Waals surface area contributed by atoms with E-state index in [-0.39, 0.29) is 5.91 Å². The van der Waals surface area contributed by atoms with Crippen LogP contribution in [0.3, 0.4) is 0 Å². The molecule has 2 rings (SSSR count). The van der Waals surface area contributed by atoms with Crippen molar-refractivity contribution in [1.82, 2.24) is 10.0 Å². The molecular weight excluding hydrogens is 432 g/mol. The van der Waals surface area contributed by atoms with Crippen molar-refractivity contribution in [2.45, 2.75) is 56.3 Å². The Morgan fingerprint density at radius 2 is 1.41 bits per heavy atom. The van der Waals surface area contributed by atoms with E-state index < -0.39 is 10.0 Å². The molecule has 0 heterocycles. The van der Waals surface area contributed by atoms with Crippen LogP contribution in [0.5, 0.6) is 0 Å². The average molecular weight is 471 g/mol. The van der Waals surface area contributed by atoms with E-state index in [0.717, 1.165) is 6.42 Å². The Labute approximate surface area is 192 Å². The van der Waals surface area contributed by atoms with Crippen molar-refractivity contribution >= 4 is 15.9 Å². The van der Waals surface area contributed by atoms with Crippen LogP contribution in [-0.2, 0) is 29.0 Å². The maximum absolute atomic E-state index is 12.4. The first-order valence-corrected chi connectivity index (χ1v) is 13.0. The van der Waals surface area contributed by atoms with E-state index in [9.17, 15) is 13.2 Å². The highest BCUT2D eigenvalue weighted by Gasteiger charge is 2.18. The first kappa shape index (κ1) is 26.7. The molecule has 9 heteroatoms. The van der Waals surface area contributed by atoms with Gasteiger partial charge in [-0.1, -0.05) is 25.0 Å². The maximum Gasteiger partial charge on any atom is 0.240 e. The number of amides is 1. The topological polar surface area (TPSA) is 103 Å². The summed E-state index contributed by atoms with van der Waals surface area (Å²) in [6.07, 6.45) is 6.29. The Morgan fingerprint density at radius 3 is 1.97 bits per heavy atom. The number of sulfonamides is 1. The molecule has 0 spiro atoms. The first-order valence-electron chi connectivity index (χ1n) is 11.6. The van der Waals surface area contributed by atoms with E-state index in [1.165, 1.54) is 38.2 Å². The second-order valence-electron chi connectivity index (χ2n) is 7.98. The van der Waals surface area contributed by atoms with E-state index in [1.807, 2.05) is 12.1 Å².